The van der Waals surface area contributed by atoms with Crippen LogP contribution in [0.15, 0.2) is 18.3 Å². The summed E-state index contributed by atoms with van der Waals surface area (Å²) in [6.45, 7) is 2.73. The molecule has 2 aliphatic carbocycles. The Labute approximate surface area is 124 Å². The predicted octanol–water partition coefficient (Wildman–Crippen LogP) is 2.21. The monoisotopic (exact) mass is 290 g/mol. The van der Waals surface area contributed by atoms with Crippen LogP contribution in [0.5, 0.6) is 5.75 Å². The molecule has 2 atom stereocenters. The van der Waals surface area contributed by atoms with Crippen molar-refractivity contribution >= 4 is 5.91 Å². The molecule has 1 N–H and O–H groups in total. The lowest BCUT2D eigenvalue weighted by atomic mass is 9.50. The van der Waals surface area contributed by atoms with Crippen LogP contribution in [0.2, 0.25) is 0 Å². The van der Waals surface area contributed by atoms with Crippen molar-refractivity contribution in [2.24, 2.45) is 5.41 Å². The predicted molar refractivity (Wildman–Crippen MR) is 78.1 cm³/mol. The fraction of sp³-hybridized carbons (Fsp3) is 0.625. The van der Waals surface area contributed by atoms with Crippen LogP contribution in [0.3, 0.4) is 0 Å². The highest BCUT2D eigenvalue weighted by molar-refractivity contribution is 5.95. The van der Waals surface area contributed by atoms with Gasteiger partial charge in [0.1, 0.15) is 5.75 Å². The second-order valence-electron chi connectivity index (χ2n) is 6.07. The second kappa shape index (κ2) is 5.30. The summed E-state index contributed by atoms with van der Waals surface area (Å²) >= 11 is 0. The van der Waals surface area contributed by atoms with Gasteiger partial charge in [0.15, 0.2) is 5.69 Å². The van der Waals surface area contributed by atoms with Crippen LogP contribution in [-0.2, 0) is 4.74 Å². The number of carbonyl (C=O) groups excluding carboxylic acids is 1. The summed E-state index contributed by atoms with van der Waals surface area (Å²) in [5.41, 5.74) is 0.263. The summed E-state index contributed by atoms with van der Waals surface area (Å²) in [6.07, 6.45) is 6.13. The molecule has 3 rings (SSSR count). The van der Waals surface area contributed by atoms with E-state index in [0.29, 0.717) is 0 Å². The third kappa shape index (κ3) is 2.11. The van der Waals surface area contributed by atoms with Crippen molar-refractivity contribution in [1.82, 2.24) is 9.88 Å². The second-order valence-corrected chi connectivity index (χ2v) is 6.07. The molecule has 2 aliphatic rings. The Morgan fingerprint density at radius 3 is 2.90 bits per heavy atom. The molecule has 21 heavy (non-hydrogen) atoms. The number of rotatable bonds is 4. The van der Waals surface area contributed by atoms with Crippen molar-refractivity contribution in [2.75, 3.05) is 13.7 Å². The molecule has 2 saturated carbocycles. The number of hydrogen-bond donors (Lipinski definition) is 1. The van der Waals surface area contributed by atoms with Gasteiger partial charge in [-0.05, 0) is 38.3 Å². The molecule has 5 nitrogen and oxygen atoms in total. The molecule has 0 aromatic carbocycles. The SMILES string of the molecule is CCO[C@H]1C[C@H](N(C)C(=O)c2ncccc2O)C12CCC2. The summed E-state index contributed by atoms with van der Waals surface area (Å²) < 4.78 is 5.82. The van der Waals surface area contributed by atoms with Gasteiger partial charge in [0.05, 0.1) is 6.10 Å². The number of aromatic hydroxyl groups is 1. The fourth-order valence-electron chi connectivity index (χ4n) is 3.82. The number of amides is 1. The van der Waals surface area contributed by atoms with E-state index in [0.717, 1.165) is 25.9 Å². The van der Waals surface area contributed by atoms with Crippen LogP contribution in [-0.4, -0.2) is 46.7 Å². The minimum Gasteiger partial charge on any atom is -0.505 e. The number of hydrogen-bond acceptors (Lipinski definition) is 4. The van der Waals surface area contributed by atoms with E-state index in [2.05, 4.69) is 4.98 Å². The van der Waals surface area contributed by atoms with Gasteiger partial charge < -0.3 is 14.7 Å². The Morgan fingerprint density at radius 2 is 2.33 bits per heavy atom. The maximum atomic E-state index is 12.6. The van der Waals surface area contributed by atoms with Crippen molar-refractivity contribution in [3.63, 3.8) is 0 Å². The number of ether oxygens (including phenoxy) is 1. The largest absolute Gasteiger partial charge is 0.505 e. The third-order valence-electron chi connectivity index (χ3n) is 5.17. The van der Waals surface area contributed by atoms with Gasteiger partial charge in [-0.25, -0.2) is 4.98 Å². The third-order valence-corrected chi connectivity index (χ3v) is 5.17. The molecule has 1 spiro atoms. The van der Waals surface area contributed by atoms with E-state index in [1.165, 1.54) is 18.7 Å². The molecule has 5 heteroatoms. The van der Waals surface area contributed by atoms with E-state index >= 15 is 0 Å². The van der Waals surface area contributed by atoms with Crippen LogP contribution in [0.4, 0.5) is 0 Å². The molecule has 0 unspecified atom stereocenters. The van der Waals surface area contributed by atoms with Crippen LogP contribution in [0.25, 0.3) is 0 Å². The van der Waals surface area contributed by atoms with Crippen LogP contribution >= 0.6 is 0 Å². The zero-order valence-corrected chi connectivity index (χ0v) is 12.6. The first-order chi connectivity index (χ1) is 10.1. The maximum absolute atomic E-state index is 12.6. The van der Waals surface area contributed by atoms with Crippen LogP contribution < -0.4 is 0 Å². The number of aromatic nitrogens is 1. The quantitative estimate of drug-likeness (QED) is 0.923. The minimum atomic E-state index is -0.209. The molecular weight excluding hydrogens is 268 g/mol. The average Bonchev–Trinajstić information content (AvgIpc) is 2.40. The van der Waals surface area contributed by atoms with E-state index in [-0.39, 0.29) is 34.9 Å². The fourth-order valence-corrected chi connectivity index (χ4v) is 3.82. The van der Waals surface area contributed by atoms with Crippen molar-refractivity contribution in [1.29, 1.82) is 0 Å². The normalized spacial score (nSPS) is 26.0. The Hall–Kier alpha value is -1.62. The van der Waals surface area contributed by atoms with Crippen molar-refractivity contribution in [3.05, 3.63) is 24.0 Å². The van der Waals surface area contributed by atoms with E-state index in [9.17, 15) is 9.90 Å². The van der Waals surface area contributed by atoms with Gasteiger partial charge in [-0.15, -0.1) is 0 Å². The lowest BCUT2D eigenvalue weighted by molar-refractivity contribution is -0.192. The van der Waals surface area contributed by atoms with Gasteiger partial charge in [0, 0.05) is 31.3 Å². The van der Waals surface area contributed by atoms with Crippen LogP contribution in [0.1, 0.15) is 43.1 Å². The van der Waals surface area contributed by atoms with Crippen molar-refractivity contribution < 1.29 is 14.6 Å². The van der Waals surface area contributed by atoms with Gasteiger partial charge in [-0.3, -0.25) is 4.79 Å². The van der Waals surface area contributed by atoms with Gasteiger partial charge in [-0.1, -0.05) is 6.42 Å². The summed E-state index contributed by atoms with van der Waals surface area (Å²) in [6, 6.07) is 3.31. The molecule has 0 aliphatic heterocycles. The van der Waals surface area contributed by atoms with E-state index in [4.69, 9.17) is 4.74 Å². The smallest absolute Gasteiger partial charge is 0.276 e. The number of pyridine rings is 1. The summed E-state index contributed by atoms with van der Waals surface area (Å²) in [5, 5.41) is 9.81. The Balaban J connectivity index is 1.76. The Bertz CT molecular complexity index is 542. The first-order valence-corrected chi connectivity index (χ1v) is 7.63. The molecular formula is C16H22N2O3. The van der Waals surface area contributed by atoms with Crippen molar-refractivity contribution in [3.8, 4) is 5.75 Å². The topological polar surface area (TPSA) is 62.7 Å². The zero-order chi connectivity index (χ0) is 15.0. The first-order valence-electron chi connectivity index (χ1n) is 7.63. The van der Waals surface area contributed by atoms with E-state index < -0.39 is 0 Å². The molecule has 114 valence electrons. The molecule has 1 amide bonds. The van der Waals surface area contributed by atoms with Crippen LogP contribution in [0, 0.1) is 5.41 Å². The van der Waals surface area contributed by atoms with Gasteiger partial charge in [0.2, 0.25) is 0 Å². The highest BCUT2D eigenvalue weighted by atomic mass is 16.5. The number of nitrogens with zero attached hydrogens (tertiary/aromatic N) is 2. The highest BCUT2D eigenvalue weighted by Crippen LogP contribution is 2.59. The maximum Gasteiger partial charge on any atom is 0.276 e. The molecule has 1 aromatic rings. The minimum absolute atomic E-state index is 0.0577. The molecule has 2 fully saturated rings. The molecule has 1 aromatic heterocycles. The summed E-state index contributed by atoms with van der Waals surface area (Å²) in [7, 11) is 1.81. The van der Waals surface area contributed by atoms with E-state index in [1.54, 1.807) is 11.0 Å². The highest BCUT2D eigenvalue weighted by Gasteiger charge is 2.61. The molecule has 0 saturated heterocycles. The molecule has 1 heterocycles. The Morgan fingerprint density at radius 1 is 1.57 bits per heavy atom. The lowest BCUT2D eigenvalue weighted by Gasteiger charge is -2.63. The summed E-state index contributed by atoms with van der Waals surface area (Å²) in [4.78, 5) is 18.3. The molecule has 0 radical (unpaired) electrons. The average molecular weight is 290 g/mol. The van der Waals surface area contributed by atoms with Gasteiger partial charge in [-0.2, -0.15) is 0 Å². The number of carbonyl (C=O) groups is 1. The first kappa shape index (κ1) is 14.3. The van der Waals surface area contributed by atoms with E-state index in [1.807, 2.05) is 14.0 Å². The summed E-state index contributed by atoms with van der Waals surface area (Å²) in [5.74, 6) is -0.267. The zero-order valence-electron chi connectivity index (χ0n) is 12.6. The lowest BCUT2D eigenvalue weighted by Crippen LogP contribution is -2.67. The standard InChI is InChI=1S/C16H22N2O3/c1-3-21-13-10-12(16(13)7-5-8-16)18(2)15(20)14-11(19)6-4-9-17-14/h4,6,9,12-13,19H,3,5,7-8,10H2,1-2H3/t12-,13-/m0/s1. The van der Waals surface area contributed by atoms with Crippen molar-refractivity contribution in [2.45, 2.75) is 44.8 Å². The van der Waals surface area contributed by atoms with Gasteiger partial charge in [0.25, 0.3) is 5.91 Å². The Kier molecular flexibility index (Phi) is 3.61. The van der Waals surface area contributed by atoms with Gasteiger partial charge >= 0.3 is 0 Å². The molecule has 0 bridgehead atoms.